The zero-order valence-corrected chi connectivity index (χ0v) is 11.8. The molecule has 2 aromatic rings. The summed E-state index contributed by atoms with van der Waals surface area (Å²) in [5, 5.41) is 0.310. The molecule has 0 saturated carbocycles. The average molecular weight is 305 g/mol. The van der Waals surface area contributed by atoms with Gasteiger partial charge in [0, 0.05) is 0 Å². The van der Waals surface area contributed by atoms with Gasteiger partial charge < -0.3 is 4.74 Å². The number of hydrazine groups is 1. The van der Waals surface area contributed by atoms with E-state index in [4.69, 9.17) is 16.3 Å². The molecule has 21 heavy (non-hydrogen) atoms. The van der Waals surface area contributed by atoms with Crippen LogP contribution >= 0.6 is 11.6 Å². The fourth-order valence-electron chi connectivity index (χ4n) is 1.54. The summed E-state index contributed by atoms with van der Waals surface area (Å²) < 4.78 is 5.24. The second kappa shape index (κ2) is 7.31. The molecule has 2 amide bonds. The molecule has 2 rings (SSSR count). The molecule has 0 spiro atoms. The molecule has 0 aliphatic rings. The fourth-order valence-corrected chi connectivity index (χ4v) is 1.76. The molecule has 0 bridgehead atoms. The van der Waals surface area contributed by atoms with Gasteiger partial charge in [-0.1, -0.05) is 41.9 Å². The standard InChI is InChI=1S/C15H13ClN2O3/c16-13-9-5-4-8-12(13)15(20)18-17-14(19)10-21-11-6-2-1-3-7-11/h1-9H,10H2,(H,17,19)(H,18,20). The quantitative estimate of drug-likeness (QED) is 0.851. The first kappa shape index (κ1) is 14.9. The Morgan fingerprint density at radius 3 is 2.33 bits per heavy atom. The summed E-state index contributed by atoms with van der Waals surface area (Å²) >= 11 is 5.88. The number of rotatable bonds is 4. The lowest BCUT2D eigenvalue weighted by Gasteiger charge is -2.09. The van der Waals surface area contributed by atoms with Gasteiger partial charge in [-0.2, -0.15) is 0 Å². The van der Waals surface area contributed by atoms with Crippen LogP contribution in [0.15, 0.2) is 54.6 Å². The predicted molar refractivity (Wildman–Crippen MR) is 79.0 cm³/mol. The average Bonchev–Trinajstić information content (AvgIpc) is 2.52. The molecule has 0 atom stereocenters. The van der Waals surface area contributed by atoms with Crippen LogP contribution in [0.1, 0.15) is 10.4 Å². The highest BCUT2D eigenvalue weighted by Crippen LogP contribution is 2.14. The molecule has 108 valence electrons. The van der Waals surface area contributed by atoms with Crippen molar-refractivity contribution in [2.24, 2.45) is 0 Å². The van der Waals surface area contributed by atoms with Gasteiger partial charge in [0.25, 0.3) is 11.8 Å². The van der Waals surface area contributed by atoms with E-state index in [-0.39, 0.29) is 12.2 Å². The number of hydrogen-bond donors (Lipinski definition) is 2. The van der Waals surface area contributed by atoms with Crippen LogP contribution in [0.25, 0.3) is 0 Å². The number of ether oxygens (including phenoxy) is 1. The molecule has 0 heterocycles. The topological polar surface area (TPSA) is 67.4 Å². The first-order chi connectivity index (χ1) is 10.2. The van der Waals surface area contributed by atoms with Gasteiger partial charge in [-0.15, -0.1) is 0 Å². The molecule has 0 radical (unpaired) electrons. The minimum absolute atomic E-state index is 0.202. The van der Waals surface area contributed by atoms with Gasteiger partial charge >= 0.3 is 0 Å². The first-order valence-corrected chi connectivity index (χ1v) is 6.56. The van der Waals surface area contributed by atoms with Gasteiger partial charge in [0.2, 0.25) is 0 Å². The van der Waals surface area contributed by atoms with E-state index in [1.165, 1.54) is 0 Å². The van der Waals surface area contributed by atoms with Gasteiger partial charge in [0.05, 0.1) is 10.6 Å². The van der Waals surface area contributed by atoms with Crippen molar-refractivity contribution in [1.82, 2.24) is 10.9 Å². The van der Waals surface area contributed by atoms with E-state index < -0.39 is 11.8 Å². The van der Waals surface area contributed by atoms with Crippen LogP contribution in [0, 0.1) is 0 Å². The smallest absolute Gasteiger partial charge is 0.276 e. The van der Waals surface area contributed by atoms with Gasteiger partial charge in [-0.25, -0.2) is 0 Å². The van der Waals surface area contributed by atoms with Crippen LogP contribution in [0.2, 0.25) is 5.02 Å². The number of carbonyl (C=O) groups excluding carboxylic acids is 2. The van der Waals surface area contributed by atoms with Gasteiger partial charge in [0.1, 0.15) is 5.75 Å². The van der Waals surface area contributed by atoms with Crippen LogP contribution in [0.4, 0.5) is 0 Å². The Balaban J connectivity index is 1.79. The van der Waals surface area contributed by atoms with Crippen molar-refractivity contribution in [3.05, 3.63) is 65.2 Å². The molecule has 2 aromatic carbocycles. The highest BCUT2D eigenvalue weighted by Gasteiger charge is 2.10. The Morgan fingerprint density at radius 1 is 0.952 bits per heavy atom. The van der Waals surface area contributed by atoms with E-state index >= 15 is 0 Å². The zero-order valence-electron chi connectivity index (χ0n) is 11.0. The van der Waals surface area contributed by atoms with Crippen LogP contribution < -0.4 is 15.6 Å². The molecule has 0 saturated heterocycles. The van der Waals surface area contributed by atoms with Crippen molar-refractivity contribution in [1.29, 1.82) is 0 Å². The summed E-state index contributed by atoms with van der Waals surface area (Å²) in [7, 11) is 0. The van der Waals surface area contributed by atoms with Gasteiger partial charge in [-0.3, -0.25) is 20.4 Å². The Bertz CT molecular complexity index is 632. The summed E-state index contributed by atoms with van der Waals surface area (Å²) in [4.78, 5) is 23.3. The van der Waals surface area contributed by atoms with Crippen molar-refractivity contribution in [3.8, 4) is 5.75 Å². The lowest BCUT2D eigenvalue weighted by molar-refractivity contribution is -0.123. The summed E-state index contributed by atoms with van der Waals surface area (Å²) in [5.74, 6) is -0.391. The monoisotopic (exact) mass is 304 g/mol. The van der Waals surface area contributed by atoms with Crippen molar-refractivity contribution in [3.63, 3.8) is 0 Å². The molecule has 0 aliphatic carbocycles. The van der Waals surface area contributed by atoms with Crippen molar-refractivity contribution < 1.29 is 14.3 Å². The second-order valence-electron chi connectivity index (χ2n) is 4.08. The molecular formula is C15H13ClN2O3. The molecule has 6 heteroatoms. The number of para-hydroxylation sites is 1. The molecule has 5 nitrogen and oxygen atoms in total. The first-order valence-electron chi connectivity index (χ1n) is 6.18. The van der Waals surface area contributed by atoms with E-state index in [9.17, 15) is 9.59 Å². The molecular weight excluding hydrogens is 292 g/mol. The molecule has 0 unspecified atom stereocenters. The van der Waals surface area contributed by atoms with Gasteiger partial charge in [0.15, 0.2) is 6.61 Å². The number of amides is 2. The SMILES string of the molecule is O=C(COc1ccccc1)NNC(=O)c1ccccc1Cl. The van der Waals surface area contributed by atoms with E-state index in [0.29, 0.717) is 10.8 Å². The van der Waals surface area contributed by atoms with Crippen molar-refractivity contribution >= 4 is 23.4 Å². The minimum Gasteiger partial charge on any atom is -0.484 e. The number of carbonyl (C=O) groups is 2. The van der Waals surface area contributed by atoms with E-state index in [2.05, 4.69) is 10.9 Å². The van der Waals surface area contributed by atoms with Crippen LogP contribution in [0.3, 0.4) is 0 Å². The summed E-state index contributed by atoms with van der Waals surface area (Å²) in [5.41, 5.74) is 4.81. The van der Waals surface area contributed by atoms with E-state index in [1.54, 1.807) is 48.5 Å². The third-order valence-corrected chi connectivity index (χ3v) is 2.88. The van der Waals surface area contributed by atoms with Crippen LogP contribution in [0.5, 0.6) is 5.75 Å². The molecule has 0 aliphatic heterocycles. The number of benzene rings is 2. The third-order valence-electron chi connectivity index (χ3n) is 2.55. The van der Waals surface area contributed by atoms with Gasteiger partial charge in [-0.05, 0) is 24.3 Å². The maximum absolute atomic E-state index is 11.8. The number of hydrogen-bond acceptors (Lipinski definition) is 3. The highest BCUT2D eigenvalue weighted by atomic mass is 35.5. The summed E-state index contributed by atoms with van der Waals surface area (Å²) in [6, 6.07) is 15.5. The normalized spacial score (nSPS) is 9.76. The molecule has 0 fully saturated rings. The zero-order chi connectivity index (χ0) is 15.1. The molecule has 2 N–H and O–H groups in total. The summed E-state index contributed by atoms with van der Waals surface area (Å²) in [6.45, 7) is -0.202. The minimum atomic E-state index is -0.492. The molecule has 0 aromatic heterocycles. The Kier molecular flexibility index (Phi) is 5.17. The lowest BCUT2D eigenvalue weighted by atomic mass is 10.2. The lowest BCUT2D eigenvalue weighted by Crippen LogP contribution is -2.43. The fraction of sp³-hybridized carbons (Fsp3) is 0.0667. The van der Waals surface area contributed by atoms with Crippen LogP contribution in [-0.2, 0) is 4.79 Å². The largest absolute Gasteiger partial charge is 0.484 e. The third kappa shape index (κ3) is 4.50. The Morgan fingerprint density at radius 2 is 1.62 bits per heavy atom. The number of nitrogens with one attached hydrogen (secondary N) is 2. The van der Waals surface area contributed by atoms with Crippen molar-refractivity contribution in [2.45, 2.75) is 0 Å². The maximum atomic E-state index is 11.8. The van der Waals surface area contributed by atoms with Crippen LogP contribution in [-0.4, -0.2) is 18.4 Å². The van der Waals surface area contributed by atoms with E-state index in [1.807, 2.05) is 6.07 Å². The second-order valence-corrected chi connectivity index (χ2v) is 4.49. The van der Waals surface area contributed by atoms with E-state index in [0.717, 1.165) is 0 Å². The Hall–Kier alpha value is -2.53. The predicted octanol–water partition coefficient (Wildman–Crippen LogP) is 2.18. The maximum Gasteiger partial charge on any atom is 0.276 e. The highest BCUT2D eigenvalue weighted by molar-refractivity contribution is 6.33. The number of halogens is 1. The summed E-state index contributed by atoms with van der Waals surface area (Å²) in [6.07, 6.45) is 0. The van der Waals surface area contributed by atoms with Crippen molar-refractivity contribution in [2.75, 3.05) is 6.61 Å². The Labute approximate surface area is 126 Å².